The highest BCUT2D eigenvalue weighted by Crippen LogP contribution is 2.24. The van der Waals surface area contributed by atoms with Gasteiger partial charge in [0.2, 0.25) is 6.10 Å². The van der Waals surface area contributed by atoms with E-state index < -0.39 is 22.9 Å². The zero-order valence-electron chi connectivity index (χ0n) is 17.0. The molecule has 0 fully saturated rings. The van der Waals surface area contributed by atoms with E-state index in [1.54, 1.807) is 54.6 Å². The number of carbonyl (C=O) groups excluding carboxylic acids is 2. The first kappa shape index (κ1) is 22.7. The van der Waals surface area contributed by atoms with Crippen LogP contribution in [0.3, 0.4) is 0 Å². The van der Waals surface area contributed by atoms with Crippen molar-refractivity contribution in [2.75, 3.05) is 5.32 Å². The summed E-state index contributed by atoms with van der Waals surface area (Å²) in [4.78, 5) is 35.7. The minimum absolute atomic E-state index is 0.0983. The molecule has 32 heavy (non-hydrogen) atoms. The number of nitro benzene ring substituents is 1. The first-order chi connectivity index (χ1) is 15.3. The molecule has 1 amide bonds. The lowest BCUT2D eigenvalue weighted by molar-refractivity contribution is -0.384. The molecule has 0 heterocycles. The van der Waals surface area contributed by atoms with Crippen molar-refractivity contribution in [3.8, 4) is 0 Å². The standard InChI is InChI=1S/C24H19ClN2O5/c1-16-10-12-19(15-21(16)25)26-24(29)23(18-7-3-2-4-8-18)32-22(28)13-11-17-6-5-9-20(14-17)27(30)31/h2-15,23H,1H3,(H,26,29). The summed E-state index contributed by atoms with van der Waals surface area (Å²) in [7, 11) is 0. The molecule has 1 N–H and O–H groups in total. The lowest BCUT2D eigenvalue weighted by Crippen LogP contribution is -2.25. The lowest BCUT2D eigenvalue weighted by atomic mass is 10.1. The lowest BCUT2D eigenvalue weighted by Gasteiger charge is -2.17. The van der Waals surface area contributed by atoms with Gasteiger partial charge >= 0.3 is 5.97 Å². The van der Waals surface area contributed by atoms with E-state index in [1.807, 2.05) is 6.92 Å². The highest BCUT2D eigenvalue weighted by Gasteiger charge is 2.24. The Morgan fingerprint density at radius 2 is 1.81 bits per heavy atom. The Labute approximate surface area is 189 Å². The van der Waals surface area contributed by atoms with Gasteiger partial charge in [-0.15, -0.1) is 0 Å². The quantitative estimate of drug-likeness (QED) is 0.222. The van der Waals surface area contributed by atoms with Crippen molar-refractivity contribution in [2.24, 2.45) is 0 Å². The molecule has 0 aromatic heterocycles. The maximum atomic E-state index is 12.9. The van der Waals surface area contributed by atoms with E-state index in [0.29, 0.717) is 21.8 Å². The summed E-state index contributed by atoms with van der Waals surface area (Å²) in [6.45, 7) is 1.84. The van der Waals surface area contributed by atoms with Crippen LogP contribution in [0.5, 0.6) is 0 Å². The summed E-state index contributed by atoms with van der Waals surface area (Å²) in [6, 6.07) is 19.5. The van der Waals surface area contributed by atoms with Gasteiger partial charge in [-0.05, 0) is 36.3 Å². The Kier molecular flexibility index (Phi) is 7.36. The maximum absolute atomic E-state index is 12.9. The predicted molar refractivity (Wildman–Crippen MR) is 122 cm³/mol. The molecule has 0 aliphatic carbocycles. The second-order valence-corrected chi connectivity index (χ2v) is 7.27. The second-order valence-electron chi connectivity index (χ2n) is 6.87. The van der Waals surface area contributed by atoms with Gasteiger partial charge in [-0.3, -0.25) is 14.9 Å². The van der Waals surface area contributed by atoms with E-state index in [9.17, 15) is 19.7 Å². The topological polar surface area (TPSA) is 98.5 Å². The van der Waals surface area contributed by atoms with Gasteiger partial charge in [0.05, 0.1) is 4.92 Å². The van der Waals surface area contributed by atoms with Gasteiger partial charge in [0.15, 0.2) is 0 Å². The molecule has 1 atom stereocenters. The molecule has 8 heteroatoms. The SMILES string of the molecule is Cc1ccc(NC(=O)C(OC(=O)C=Cc2cccc([N+](=O)[O-])c2)c2ccccc2)cc1Cl. The molecule has 3 rings (SSSR count). The van der Waals surface area contributed by atoms with Crippen molar-refractivity contribution in [2.45, 2.75) is 13.0 Å². The number of nitrogens with one attached hydrogen (secondary N) is 1. The summed E-state index contributed by atoms with van der Waals surface area (Å²) < 4.78 is 5.42. The Morgan fingerprint density at radius 1 is 1.06 bits per heavy atom. The van der Waals surface area contributed by atoms with E-state index in [-0.39, 0.29) is 5.69 Å². The van der Waals surface area contributed by atoms with Crippen molar-refractivity contribution in [1.82, 2.24) is 0 Å². The number of esters is 1. The van der Waals surface area contributed by atoms with Gasteiger partial charge in [-0.2, -0.15) is 0 Å². The maximum Gasteiger partial charge on any atom is 0.331 e. The van der Waals surface area contributed by atoms with Gasteiger partial charge in [0.1, 0.15) is 0 Å². The zero-order valence-corrected chi connectivity index (χ0v) is 17.8. The average Bonchev–Trinajstić information content (AvgIpc) is 2.79. The van der Waals surface area contributed by atoms with Gasteiger partial charge in [-0.25, -0.2) is 4.79 Å². The number of amides is 1. The minimum atomic E-state index is -1.21. The van der Waals surface area contributed by atoms with Crippen LogP contribution in [0.25, 0.3) is 6.08 Å². The van der Waals surface area contributed by atoms with Crippen LogP contribution in [-0.4, -0.2) is 16.8 Å². The summed E-state index contributed by atoms with van der Waals surface area (Å²) in [6.07, 6.45) is 1.29. The average molecular weight is 451 g/mol. The summed E-state index contributed by atoms with van der Waals surface area (Å²) in [5.74, 6) is -1.32. The number of nitro groups is 1. The van der Waals surface area contributed by atoms with E-state index >= 15 is 0 Å². The zero-order chi connectivity index (χ0) is 23.1. The number of hydrogen-bond donors (Lipinski definition) is 1. The molecule has 0 spiro atoms. The largest absolute Gasteiger partial charge is 0.444 e. The molecule has 162 valence electrons. The molecule has 0 saturated heterocycles. The van der Waals surface area contributed by atoms with Crippen LogP contribution >= 0.6 is 11.6 Å². The number of aryl methyl sites for hydroxylation is 1. The molecule has 3 aromatic rings. The van der Waals surface area contributed by atoms with E-state index in [0.717, 1.165) is 11.6 Å². The second kappa shape index (κ2) is 10.4. The van der Waals surface area contributed by atoms with E-state index in [2.05, 4.69) is 5.32 Å². The Balaban J connectivity index is 1.77. The fourth-order valence-electron chi connectivity index (χ4n) is 2.84. The Morgan fingerprint density at radius 3 is 2.50 bits per heavy atom. The monoisotopic (exact) mass is 450 g/mol. The fourth-order valence-corrected chi connectivity index (χ4v) is 3.02. The number of carbonyl (C=O) groups is 2. The summed E-state index contributed by atoms with van der Waals surface area (Å²) in [5.41, 5.74) is 2.17. The first-order valence-electron chi connectivity index (χ1n) is 9.58. The Hall–Kier alpha value is -3.97. The molecule has 1 unspecified atom stereocenters. The predicted octanol–water partition coefficient (Wildman–Crippen LogP) is 5.49. The number of benzene rings is 3. The third-order valence-electron chi connectivity index (χ3n) is 4.51. The van der Waals surface area contributed by atoms with Crippen LogP contribution in [-0.2, 0) is 14.3 Å². The van der Waals surface area contributed by atoms with Crippen molar-refractivity contribution < 1.29 is 19.2 Å². The van der Waals surface area contributed by atoms with Crippen LogP contribution < -0.4 is 5.32 Å². The number of rotatable bonds is 7. The van der Waals surface area contributed by atoms with Crippen molar-refractivity contribution in [3.63, 3.8) is 0 Å². The molecule has 0 aliphatic heterocycles. The number of hydrogen-bond acceptors (Lipinski definition) is 5. The number of non-ortho nitro benzene ring substituents is 1. The van der Waals surface area contributed by atoms with Crippen LogP contribution in [0.1, 0.15) is 22.8 Å². The molecule has 0 bridgehead atoms. The van der Waals surface area contributed by atoms with Crippen LogP contribution in [0.4, 0.5) is 11.4 Å². The highest BCUT2D eigenvalue weighted by atomic mass is 35.5. The summed E-state index contributed by atoms with van der Waals surface area (Å²) >= 11 is 6.12. The molecule has 0 saturated carbocycles. The van der Waals surface area contributed by atoms with Gasteiger partial charge in [-0.1, -0.05) is 60.1 Å². The fraction of sp³-hybridized carbons (Fsp3) is 0.0833. The van der Waals surface area contributed by atoms with Gasteiger partial charge in [0.25, 0.3) is 11.6 Å². The number of halogens is 1. The highest BCUT2D eigenvalue weighted by molar-refractivity contribution is 6.31. The molecule has 0 aliphatic rings. The number of anilines is 1. The summed E-state index contributed by atoms with van der Waals surface area (Å²) in [5, 5.41) is 14.1. The third-order valence-corrected chi connectivity index (χ3v) is 4.91. The normalized spacial score (nSPS) is 11.7. The van der Waals surface area contributed by atoms with Gasteiger partial charge in [0, 0.05) is 34.5 Å². The molecular formula is C24H19ClN2O5. The van der Waals surface area contributed by atoms with E-state index in [4.69, 9.17) is 16.3 Å². The minimum Gasteiger partial charge on any atom is -0.444 e. The van der Waals surface area contributed by atoms with Crippen LogP contribution in [0, 0.1) is 17.0 Å². The van der Waals surface area contributed by atoms with Crippen molar-refractivity contribution in [1.29, 1.82) is 0 Å². The third kappa shape index (κ3) is 6.02. The van der Waals surface area contributed by atoms with Gasteiger partial charge < -0.3 is 10.1 Å². The molecule has 3 aromatic carbocycles. The van der Waals surface area contributed by atoms with Crippen LogP contribution in [0.2, 0.25) is 5.02 Å². The first-order valence-corrected chi connectivity index (χ1v) is 9.96. The molecule has 7 nitrogen and oxygen atoms in total. The number of ether oxygens (including phenoxy) is 1. The molecular weight excluding hydrogens is 432 g/mol. The molecule has 0 radical (unpaired) electrons. The number of nitrogens with zero attached hydrogens (tertiary/aromatic N) is 1. The van der Waals surface area contributed by atoms with Crippen molar-refractivity contribution in [3.05, 3.63) is 111 Å². The van der Waals surface area contributed by atoms with E-state index in [1.165, 1.54) is 24.3 Å². The van der Waals surface area contributed by atoms with Crippen LogP contribution in [0.15, 0.2) is 78.9 Å². The van der Waals surface area contributed by atoms with Crippen molar-refractivity contribution >= 4 is 40.9 Å². The smallest absolute Gasteiger partial charge is 0.331 e. The Bertz CT molecular complexity index is 1180.